The Labute approximate surface area is 131 Å². The second-order valence-corrected chi connectivity index (χ2v) is 7.47. The van der Waals surface area contributed by atoms with E-state index in [0.29, 0.717) is 0 Å². The Morgan fingerprint density at radius 2 is 1.29 bits per heavy atom. The van der Waals surface area contributed by atoms with Crippen molar-refractivity contribution >= 4 is 0 Å². The molecule has 1 saturated heterocycles. The highest BCUT2D eigenvalue weighted by molar-refractivity contribution is 4.87. The van der Waals surface area contributed by atoms with Crippen LogP contribution in [0.15, 0.2) is 0 Å². The molecule has 3 rings (SSSR count). The maximum Gasteiger partial charge on any atom is 0.0113 e. The lowest BCUT2D eigenvalue weighted by molar-refractivity contribution is 0.0543. The van der Waals surface area contributed by atoms with E-state index in [1.165, 1.54) is 90.5 Å². The Kier molecular flexibility index (Phi) is 5.96. The van der Waals surface area contributed by atoms with Crippen molar-refractivity contribution < 1.29 is 0 Å². The van der Waals surface area contributed by atoms with Gasteiger partial charge in [-0.25, -0.2) is 0 Å². The molecule has 1 N–H and O–H groups in total. The van der Waals surface area contributed by atoms with Gasteiger partial charge in [-0.3, -0.25) is 9.80 Å². The van der Waals surface area contributed by atoms with Crippen molar-refractivity contribution in [2.45, 2.75) is 82.8 Å². The second kappa shape index (κ2) is 7.94. The van der Waals surface area contributed by atoms with Crippen molar-refractivity contribution in [1.29, 1.82) is 0 Å². The first kappa shape index (κ1) is 15.8. The van der Waals surface area contributed by atoms with E-state index in [1.807, 2.05) is 0 Å². The van der Waals surface area contributed by atoms with E-state index in [4.69, 9.17) is 0 Å². The molecule has 2 aliphatic carbocycles. The van der Waals surface area contributed by atoms with E-state index < -0.39 is 0 Å². The summed E-state index contributed by atoms with van der Waals surface area (Å²) in [4.78, 5) is 5.60. The molecule has 21 heavy (non-hydrogen) atoms. The highest BCUT2D eigenvalue weighted by atomic mass is 15.3. The molecule has 0 aromatic carbocycles. The summed E-state index contributed by atoms with van der Waals surface area (Å²) in [6.07, 6.45) is 12.8. The van der Waals surface area contributed by atoms with Crippen LogP contribution < -0.4 is 5.32 Å². The van der Waals surface area contributed by atoms with Gasteiger partial charge in [0.05, 0.1) is 0 Å². The van der Waals surface area contributed by atoms with Crippen molar-refractivity contribution in [3.63, 3.8) is 0 Å². The maximum absolute atomic E-state index is 3.71. The maximum atomic E-state index is 3.71. The fourth-order valence-electron chi connectivity index (χ4n) is 4.73. The van der Waals surface area contributed by atoms with E-state index in [0.717, 1.165) is 18.1 Å². The topological polar surface area (TPSA) is 18.5 Å². The van der Waals surface area contributed by atoms with Gasteiger partial charge in [0.2, 0.25) is 0 Å². The molecular weight excluding hydrogens is 258 g/mol. The predicted molar refractivity (Wildman–Crippen MR) is 89.7 cm³/mol. The highest BCUT2D eigenvalue weighted by Gasteiger charge is 2.30. The Hall–Kier alpha value is -0.120. The van der Waals surface area contributed by atoms with Crippen LogP contribution in [0.2, 0.25) is 0 Å². The molecule has 0 amide bonds. The molecule has 0 atom stereocenters. The van der Waals surface area contributed by atoms with Crippen LogP contribution in [0.25, 0.3) is 0 Å². The zero-order valence-electron chi connectivity index (χ0n) is 14.0. The van der Waals surface area contributed by atoms with Gasteiger partial charge in [-0.15, -0.1) is 0 Å². The smallest absolute Gasteiger partial charge is 0.0113 e. The minimum absolute atomic E-state index is 0.806. The SMILES string of the molecule is CCCNC1CCC(N2CCN(C3CCCC3)CC2)CC1. The van der Waals surface area contributed by atoms with Crippen molar-refractivity contribution in [2.24, 2.45) is 0 Å². The van der Waals surface area contributed by atoms with Crippen molar-refractivity contribution in [3.8, 4) is 0 Å². The van der Waals surface area contributed by atoms with Crippen LogP contribution in [0.1, 0.15) is 64.7 Å². The number of rotatable bonds is 5. The van der Waals surface area contributed by atoms with Crippen LogP contribution >= 0.6 is 0 Å². The predicted octanol–water partition coefficient (Wildman–Crippen LogP) is 2.86. The first-order valence-electron chi connectivity index (χ1n) is 9.58. The van der Waals surface area contributed by atoms with Gasteiger partial charge < -0.3 is 5.32 Å². The molecule has 3 fully saturated rings. The van der Waals surface area contributed by atoms with E-state index in [9.17, 15) is 0 Å². The van der Waals surface area contributed by atoms with Gasteiger partial charge in [0.25, 0.3) is 0 Å². The lowest BCUT2D eigenvalue weighted by Gasteiger charge is -2.43. The van der Waals surface area contributed by atoms with E-state index in [1.54, 1.807) is 0 Å². The second-order valence-electron chi connectivity index (χ2n) is 7.47. The molecule has 3 aliphatic rings. The third-order valence-corrected chi connectivity index (χ3v) is 6.09. The fraction of sp³-hybridized carbons (Fsp3) is 1.00. The van der Waals surface area contributed by atoms with E-state index in [2.05, 4.69) is 22.0 Å². The summed E-state index contributed by atoms with van der Waals surface area (Å²) in [5, 5.41) is 3.71. The lowest BCUT2D eigenvalue weighted by atomic mass is 9.89. The van der Waals surface area contributed by atoms with Crippen LogP contribution in [0.5, 0.6) is 0 Å². The van der Waals surface area contributed by atoms with E-state index in [-0.39, 0.29) is 0 Å². The largest absolute Gasteiger partial charge is 0.314 e. The minimum Gasteiger partial charge on any atom is -0.314 e. The zero-order chi connectivity index (χ0) is 14.5. The summed E-state index contributed by atoms with van der Waals surface area (Å²) in [5.41, 5.74) is 0. The molecule has 2 saturated carbocycles. The Morgan fingerprint density at radius 1 is 0.762 bits per heavy atom. The molecule has 0 radical (unpaired) electrons. The average molecular weight is 293 g/mol. The molecule has 0 aromatic rings. The molecule has 122 valence electrons. The quantitative estimate of drug-likeness (QED) is 0.841. The summed E-state index contributed by atoms with van der Waals surface area (Å²) in [6, 6.07) is 2.62. The van der Waals surface area contributed by atoms with Crippen molar-refractivity contribution in [1.82, 2.24) is 15.1 Å². The average Bonchev–Trinajstić information content (AvgIpc) is 3.08. The summed E-state index contributed by atoms with van der Waals surface area (Å²) >= 11 is 0. The molecule has 0 unspecified atom stereocenters. The van der Waals surface area contributed by atoms with Crippen LogP contribution in [0.4, 0.5) is 0 Å². The van der Waals surface area contributed by atoms with Gasteiger partial charge in [0.1, 0.15) is 0 Å². The van der Waals surface area contributed by atoms with Gasteiger partial charge in [-0.1, -0.05) is 19.8 Å². The van der Waals surface area contributed by atoms with Crippen LogP contribution in [-0.2, 0) is 0 Å². The summed E-state index contributed by atoms with van der Waals surface area (Å²) in [5.74, 6) is 0. The standard InChI is InChI=1S/C18H35N3/c1-2-11-19-16-7-9-18(10-8-16)21-14-12-20(13-15-21)17-5-3-4-6-17/h16-19H,2-15H2,1H3. The summed E-state index contributed by atoms with van der Waals surface area (Å²) in [7, 11) is 0. The normalized spacial score (nSPS) is 33.6. The zero-order valence-corrected chi connectivity index (χ0v) is 14.0. The van der Waals surface area contributed by atoms with Gasteiger partial charge in [-0.2, -0.15) is 0 Å². The molecular formula is C18H35N3. The van der Waals surface area contributed by atoms with Crippen molar-refractivity contribution in [3.05, 3.63) is 0 Å². The summed E-state index contributed by atoms with van der Waals surface area (Å²) < 4.78 is 0. The molecule has 0 spiro atoms. The first-order chi connectivity index (χ1) is 10.4. The van der Waals surface area contributed by atoms with Crippen LogP contribution in [0, 0.1) is 0 Å². The molecule has 1 aliphatic heterocycles. The van der Waals surface area contributed by atoms with Crippen LogP contribution in [-0.4, -0.2) is 60.6 Å². The fourth-order valence-corrected chi connectivity index (χ4v) is 4.73. The minimum atomic E-state index is 0.806. The Morgan fingerprint density at radius 3 is 1.81 bits per heavy atom. The monoisotopic (exact) mass is 293 g/mol. The molecule has 1 heterocycles. The number of nitrogens with zero attached hydrogens (tertiary/aromatic N) is 2. The Balaban J connectivity index is 1.37. The molecule has 3 heteroatoms. The number of hydrogen-bond acceptors (Lipinski definition) is 3. The summed E-state index contributed by atoms with van der Waals surface area (Å²) in [6.45, 7) is 8.79. The third-order valence-electron chi connectivity index (χ3n) is 6.09. The molecule has 0 bridgehead atoms. The highest BCUT2D eigenvalue weighted by Crippen LogP contribution is 2.27. The number of piperazine rings is 1. The molecule has 0 aromatic heterocycles. The van der Waals surface area contributed by atoms with Gasteiger partial charge >= 0.3 is 0 Å². The van der Waals surface area contributed by atoms with E-state index >= 15 is 0 Å². The molecule has 3 nitrogen and oxygen atoms in total. The van der Waals surface area contributed by atoms with Gasteiger partial charge in [0.15, 0.2) is 0 Å². The number of nitrogens with one attached hydrogen (secondary N) is 1. The lowest BCUT2D eigenvalue weighted by Crippen LogP contribution is -2.53. The third kappa shape index (κ3) is 4.20. The van der Waals surface area contributed by atoms with Gasteiger partial charge in [0, 0.05) is 44.3 Å². The Bertz CT molecular complexity index is 285. The first-order valence-corrected chi connectivity index (χ1v) is 9.58. The van der Waals surface area contributed by atoms with Crippen molar-refractivity contribution in [2.75, 3.05) is 32.7 Å². The number of hydrogen-bond donors (Lipinski definition) is 1. The van der Waals surface area contributed by atoms with Gasteiger partial charge in [-0.05, 0) is 51.5 Å². The van der Waals surface area contributed by atoms with Crippen LogP contribution in [0.3, 0.4) is 0 Å².